The third-order valence-electron chi connectivity index (χ3n) is 4.45. The zero-order valence-corrected chi connectivity index (χ0v) is 25.7. The maximum atomic E-state index is 12.5. The van der Waals surface area contributed by atoms with Crippen LogP contribution < -0.4 is 35.0 Å². The van der Waals surface area contributed by atoms with Crippen LogP contribution in [0.15, 0.2) is 45.6 Å². The molecule has 0 fully saturated rings. The molecule has 0 amide bonds. The van der Waals surface area contributed by atoms with E-state index in [1.807, 2.05) is 90.4 Å². The number of rotatable bonds is 2. The molecule has 2 aliphatic rings. The van der Waals surface area contributed by atoms with Crippen molar-refractivity contribution in [3.63, 3.8) is 0 Å². The zero-order chi connectivity index (χ0) is 21.0. The molecule has 0 saturated heterocycles. The standard InChI is InChI=1S/C20H8I4O5.Na/c21-11-5-9-13(7-3-1-2-4-8(7)20(27)28)10-6-12(22)17(26)15(24)19(10)29-18(9)14(23)16(11)25;/h1-6,25H,(H,27,28);/q;+1. The summed E-state index contributed by atoms with van der Waals surface area (Å²) in [7, 11) is 0. The Hall–Kier alpha value is 0.320. The van der Waals surface area contributed by atoms with Crippen LogP contribution in [0.1, 0.15) is 10.4 Å². The molecule has 1 heterocycles. The molecule has 2 aromatic rings. The fourth-order valence-electron chi connectivity index (χ4n) is 3.17. The molecule has 10 heteroatoms. The van der Waals surface area contributed by atoms with Crippen molar-refractivity contribution in [1.82, 2.24) is 0 Å². The number of halogens is 4. The average molecular weight is 859 g/mol. The van der Waals surface area contributed by atoms with E-state index in [4.69, 9.17) is 4.42 Å². The Morgan fingerprint density at radius 3 is 2.27 bits per heavy atom. The van der Waals surface area contributed by atoms with Crippen LogP contribution >= 0.6 is 90.4 Å². The van der Waals surface area contributed by atoms with Crippen LogP contribution in [0.2, 0.25) is 0 Å². The number of hydrogen-bond donors (Lipinski definition) is 2. The number of aromatic carboxylic acids is 1. The van der Waals surface area contributed by atoms with Crippen molar-refractivity contribution < 1.29 is 49.0 Å². The van der Waals surface area contributed by atoms with Gasteiger partial charge >= 0.3 is 35.5 Å². The summed E-state index contributed by atoms with van der Waals surface area (Å²) in [5, 5.41) is 20.8. The molecule has 2 N–H and O–H groups in total. The molecule has 0 aromatic heterocycles. The third-order valence-corrected chi connectivity index (χ3v) is 8.05. The largest absolute Gasteiger partial charge is 1.00 e. The van der Waals surface area contributed by atoms with Crippen LogP contribution in [0.4, 0.5) is 0 Å². The van der Waals surface area contributed by atoms with Crippen LogP contribution in [-0.2, 0) is 0 Å². The van der Waals surface area contributed by atoms with Gasteiger partial charge in [0.05, 0.1) is 16.3 Å². The fraction of sp³-hybridized carbons (Fsp3) is 0. The Morgan fingerprint density at radius 2 is 1.60 bits per heavy atom. The van der Waals surface area contributed by atoms with Crippen LogP contribution in [0.3, 0.4) is 0 Å². The van der Waals surface area contributed by atoms with E-state index in [9.17, 15) is 19.8 Å². The van der Waals surface area contributed by atoms with Gasteiger partial charge in [0, 0.05) is 16.5 Å². The number of phenols is 1. The van der Waals surface area contributed by atoms with E-state index in [0.717, 1.165) is 0 Å². The van der Waals surface area contributed by atoms with Gasteiger partial charge in [-0.05, 0) is 114 Å². The molecular weight excluding hydrogens is 851 g/mol. The van der Waals surface area contributed by atoms with Crippen LogP contribution in [0, 0.1) is 14.3 Å². The number of fused-ring (bicyclic) bond motifs is 2. The number of benzene rings is 3. The molecular formula is C20H8I4NaO5+. The number of hydrogen-bond acceptors (Lipinski definition) is 4. The first-order valence-corrected chi connectivity index (χ1v) is 12.3. The van der Waals surface area contributed by atoms with E-state index in [1.54, 1.807) is 36.4 Å². The molecule has 1 aliphatic heterocycles. The summed E-state index contributed by atoms with van der Waals surface area (Å²) >= 11 is 7.96. The van der Waals surface area contributed by atoms with Gasteiger partial charge in [-0.25, -0.2) is 4.79 Å². The second kappa shape index (κ2) is 9.67. The predicted molar refractivity (Wildman–Crippen MR) is 144 cm³/mol. The molecule has 0 bridgehead atoms. The van der Waals surface area contributed by atoms with Gasteiger partial charge in [-0.1, -0.05) is 18.2 Å². The summed E-state index contributed by atoms with van der Waals surface area (Å²) in [5.74, 6) is -0.588. The number of phenolic OH excluding ortho intramolecular Hbond substituents is 1. The van der Waals surface area contributed by atoms with E-state index in [1.165, 1.54) is 0 Å². The monoisotopic (exact) mass is 859 g/mol. The number of carboxylic acids is 1. The summed E-state index contributed by atoms with van der Waals surface area (Å²) < 4.78 is 8.16. The Labute approximate surface area is 247 Å². The summed E-state index contributed by atoms with van der Waals surface area (Å²) in [6.07, 6.45) is 0. The molecule has 0 unspecified atom stereocenters. The molecule has 0 spiro atoms. The average Bonchev–Trinajstić information content (AvgIpc) is 2.69. The SMILES string of the molecule is O=C(O)c1ccccc1-c1c2cc(I)c(=O)c(I)c-2oc2c(I)c(O)c(I)cc12.[Na+]. The number of carbonyl (C=O) groups is 1. The van der Waals surface area contributed by atoms with E-state index < -0.39 is 5.97 Å². The van der Waals surface area contributed by atoms with Gasteiger partial charge in [-0.3, -0.25) is 4.79 Å². The first kappa shape index (κ1) is 25.0. The van der Waals surface area contributed by atoms with Gasteiger partial charge < -0.3 is 14.6 Å². The second-order valence-electron chi connectivity index (χ2n) is 6.10. The van der Waals surface area contributed by atoms with Crippen LogP contribution in [0.5, 0.6) is 5.75 Å². The van der Waals surface area contributed by atoms with E-state index >= 15 is 0 Å². The minimum absolute atomic E-state index is 0. The molecule has 4 rings (SSSR count). The minimum Gasteiger partial charge on any atom is -0.506 e. The predicted octanol–water partition coefficient (Wildman–Crippen LogP) is 3.39. The third kappa shape index (κ3) is 4.16. The van der Waals surface area contributed by atoms with Gasteiger partial charge in [0.2, 0.25) is 5.43 Å². The molecule has 0 saturated carbocycles. The van der Waals surface area contributed by atoms with Crippen molar-refractivity contribution in [3.05, 3.63) is 66.5 Å². The first-order valence-electron chi connectivity index (χ1n) is 8.00. The Kier molecular flexibility index (Phi) is 8.04. The van der Waals surface area contributed by atoms with E-state index in [2.05, 4.69) is 0 Å². The Bertz CT molecular complexity index is 1370. The molecule has 1 aliphatic carbocycles. The Balaban J connectivity index is 0.00000256. The minimum atomic E-state index is -1.05. The summed E-state index contributed by atoms with van der Waals surface area (Å²) in [6.45, 7) is 0. The maximum Gasteiger partial charge on any atom is 1.00 e. The van der Waals surface area contributed by atoms with Crippen molar-refractivity contribution in [3.8, 4) is 28.2 Å². The number of aromatic hydroxyl groups is 1. The molecule has 5 nitrogen and oxygen atoms in total. The fourth-order valence-corrected chi connectivity index (χ4v) is 6.75. The zero-order valence-electron chi connectivity index (χ0n) is 15.1. The molecule has 0 atom stereocenters. The van der Waals surface area contributed by atoms with E-state index in [-0.39, 0.29) is 46.3 Å². The number of carboxylic acid groups (broad SMARTS) is 1. The second-order valence-corrected chi connectivity index (χ2v) is 10.6. The van der Waals surface area contributed by atoms with Gasteiger partial charge in [-0.15, -0.1) is 0 Å². The van der Waals surface area contributed by atoms with Crippen molar-refractivity contribution in [1.29, 1.82) is 0 Å². The Morgan fingerprint density at radius 1 is 0.933 bits per heavy atom. The smallest absolute Gasteiger partial charge is 0.506 e. The van der Waals surface area contributed by atoms with Crippen LogP contribution in [0.25, 0.3) is 33.4 Å². The first-order chi connectivity index (χ1) is 13.7. The normalized spacial score (nSPS) is 10.9. The topological polar surface area (TPSA) is 87.7 Å². The van der Waals surface area contributed by atoms with Crippen molar-refractivity contribution in [2.45, 2.75) is 0 Å². The molecule has 30 heavy (non-hydrogen) atoms. The van der Waals surface area contributed by atoms with E-state index in [0.29, 0.717) is 47.7 Å². The van der Waals surface area contributed by atoms with Gasteiger partial charge in [0.1, 0.15) is 9.32 Å². The molecule has 2 aromatic carbocycles. The van der Waals surface area contributed by atoms with Gasteiger partial charge in [0.25, 0.3) is 0 Å². The van der Waals surface area contributed by atoms with Crippen molar-refractivity contribution in [2.75, 3.05) is 0 Å². The molecule has 146 valence electrons. The quantitative estimate of drug-likeness (QED) is 0.184. The van der Waals surface area contributed by atoms with Crippen LogP contribution in [-0.4, -0.2) is 16.2 Å². The van der Waals surface area contributed by atoms with Gasteiger partial charge in [-0.2, -0.15) is 0 Å². The van der Waals surface area contributed by atoms with Gasteiger partial charge in [0.15, 0.2) is 11.3 Å². The maximum absolute atomic E-state index is 12.5. The summed E-state index contributed by atoms with van der Waals surface area (Å²) in [6, 6.07) is 10.2. The van der Waals surface area contributed by atoms with Crippen molar-refractivity contribution in [2.24, 2.45) is 0 Å². The summed E-state index contributed by atoms with van der Waals surface area (Å²) in [5.41, 5.74) is 2.24. The molecule has 0 radical (unpaired) electrons. The summed E-state index contributed by atoms with van der Waals surface area (Å²) in [4.78, 5) is 24.4. The van der Waals surface area contributed by atoms with Crippen molar-refractivity contribution >= 4 is 107 Å².